The van der Waals surface area contributed by atoms with E-state index in [4.69, 9.17) is 0 Å². The minimum Gasteiger partial charge on any atom is -0.310 e. The third-order valence-corrected chi connectivity index (χ3v) is 26.8. The number of anilines is 6. The average molecular weight is 1470 g/mol. The molecule has 6 heteroatoms. The molecule has 0 saturated heterocycles. The van der Waals surface area contributed by atoms with Crippen LogP contribution in [0, 0.1) is 0 Å². The van der Waals surface area contributed by atoms with Crippen molar-refractivity contribution in [2.45, 2.75) is 0 Å². The van der Waals surface area contributed by atoms with Gasteiger partial charge in [-0.2, -0.15) is 0 Å². The second kappa shape index (κ2) is 26.4. The highest BCUT2D eigenvalue weighted by atomic mass is 32.1. The minimum atomic E-state index is 1.09. The second-order valence-electron chi connectivity index (χ2n) is 28.8. The van der Waals surface area contributed by atoms with E-state index in [2.05, 4.69) is 398 Å². The van der Waals surface area contributed by atoms with Gasteiger partial charge >= 0.3 is 0 Å². The predicted molar refractivity (Wildman–Crippen MR) is 480 cm³/mol. The molecule has 22 rings (SSSR count). The summed E-state index contributed by atoms with van der Waals surface area (Å²) < 4.78 is 10.4. The number of fused-ring (bicyclic) bond motifs is 14. The molecular formula is C104H64N2S4. The monoisotopic (exact) mass is 1470 g/mol. The maximum Gasteiger partial charge on any atom is 0.0467 e. The van der Waals surface area contributed by atoms with Gasteiger partial charge in [-0.1, -0.05) is 231 Å². The highest BCUT2D eigenvalue weighted by Gasteiger charge is 2.21. The van der Waals surface area contributed by atoms with Crippen LogP contribution in [0.1, 0.15) is 0 Å². The Kier molecular flexibility index (Phi) is 15.4. The van der Waals surface area contributed by atoms with Crippen LogP contribution in [0.2, 0.25) is 0 Å². The number of hydrogen-bond acceptors (Lipinski definition) is 6. The van der Waals surface area contributed by atoms with Crippen molar-refractivity contribution in [1.82, 2.24) is 0 Å². The van der Waals surface area contributed by atoms with Crippen LogP contribution in [0.3, 0.4) is 0 Å². The van der Waals surface area contributed by atoms with Crippen molar-refractivity contribution in [3.63, 3.8) is 0 Å². The zero-order chi connectivity index (χ0) is 72.3. The van der Waals surface area contributed by atoms with E-state index in [1.165, 1.54) is 175 Å². The smallest absolute Gasteiger partial charge is 0.0467 e. The topological polar surface area (TPSA) is 6.48 Å². The van der Waals surface area contributed by atoms with Gasteiger partial charge in [-0.3, -0.25) is 0 Å². The van der Waals surface area contributed by atoms with Crippen molar-refractivity contribution in [1.29, 1.82) is 0 Å². The third-order valence-electron chi connectivity index (χ3n) is 22.2. The molecule has 0 saturated carbocycles. The Bertz CT molecular complexity index is 7440. The van der Waals surface area contributed by atoms with Crippen molar-refractivity contribution in [3.05, 3.63) is 388 Å². The van der Waals surface area contributed by atoms with Crippen molar-refractivity contribution >= 4 is 182 Å². The Labute approximate surface area is 652 Å². The van der Waals surface area contributed by atoms with Crippen molar-refractivity contribution in [3.8, 4) is 77.9 Å². The molecule has 4 heterocycles. The van der Waals surface area contributed by atoms with Gasteiger partial charge in [0, 0.05) is 115 Å². The zero-order valence-electron chi connectivity index (χ0n) is 59.5. The van der Waals surface area contributed by atoms with Gasteiger partial charge in [0.05, 0.1) is 0 Å². The molecule has 18 aromatic carbocycles. The summed E-state index contributed by atoms with van der Waals surface area (Å²) in [6.45, 7) is 0. The summed E-state index contributed by atoms with van der Waals surface area (Å²) in [6, 6.07) is 145. The van der Waals surface area contributed by atoms with E-state index in [1.54, 1.807) is 0 Å². The maximum absolute atomic E-state index is 2.42. The molecule has 0 bridgehead atoms. The number of thiophene rings is 4. The fourth-order valence-electron chi connectivity index (χ4n) is 16.6. The lowest BCUT2D eigenvalue weighted by molar-refractivity contribution is 1.28. The Hall–Kier alpha value is -13.0. The third kappa shape index (κ3) is 11.4. The Morgan fingerprint density at radius 2 is 0.382 bits per heavy atom. The highest BCUT2D eigenvalue weighted by Crippen LogP contribution is 2.47. The lowest BCUT2D eigenvalue weighted by atomic mass is 9.96. The number of hydrogen-bond donors (Lipinski definition) is 0. The fraction of sp³-hybridized carbons (Fsp3) is 0. The van der Waals surface area contributed by atoms with Gasteiger partial charge in [0.15, 0.2) is 0 Å². The van der Waals surface area contributed by atoms with Crippen LogP contribution < -0.4 is 9.80 Å². The van der Waals surface area contributed by atoms with Gasteiger partial charge in [-0.25, -0.2) is 0 Å². The van der Waals surface area contributed by atoms with E-state index in [1.807, 2.05) is 45.3 Å². The van der Waals surface area contributed by atoms with Crippen LogP contribution >= 0.6 is 45.3 Å². The van der Waals surface area contributed by atoms with E-state index >= 15 is 0 Å². The van der Waals surface area contributed by atoms with Crippen LogP contribution in [0.15, 0.2) is 388 Å². The molecule has 0 aliphatic rings. The van der Waals surface area contributed by atoms with E-state index in [-0.39, 0.29) is 0 Å². The van der Waals surface area contributed by atoms with Crippen molar-refractivity contribution in [2.75, 3.05) is 9.80 Å². The Morgan fingerprint density at radius 1 is 0.127 bits per heavy atom. The molecule has 4 aromatic heterocycles. The fourth-order valence-corrected chi connectivity index (χ4v) is 21.1. The molecule has 0 amide bonds. The molecule has 0 atom stereocenters. The lowest BCUT2D eigenvalue weighted by Gasteiger charge is -2.27. The summed E-state index contributed by atoms with van der Waals surface area (Å²) >= 11 is 7.46. The normalized spacial score (nSPS) is 11.8. The van der Waals surface area contributed by atoms with Crippen molar-refractivity contribution < 1.29 is 0 Å². The molecule has 0 unspecified atom stereocenters. The molecule has 0 aliphatic heterocycles. The van der Waals surface area contributed by atoms with Crippen LogP contribution in [0.4, 0.5) is 34.1 Å². The average Bonchev–Trinajstić information content (AvgIpc) is 1.67. The lowest BCUT2D eigenvalue weighted by Crippen LogP contribution is -2.10. The molecule has 0 aliphatic carbocycles. The summed E-state index contributed by atoms with van der Waals surface area (Å²) in [5.74, 6) is 0. The summed E-state index contributed by atoms with van der Waals surface area (Å²) in [4.78, 5) is 4.83. The van der Waals surface area contributed by atoms with E-state index < -0.39 is 0 Å². The second-order valence-corrected chi connectivity index (χ2v) is 33.1. The van der Waals surface area contributed by atoms with Crippen LogP contribution in [0.25, 0.3) is 180 Å². The standard InChI is InChI=1S/C104H64N2S4/c1-2-14-68-53-73(30-29-65(68)13-1)69-15-9-19-85(56-69)106(88-22-12-18-72(59-88)80-43-52-102-96(62-80)91-25-5-8-28-99(91)109-102)84-46-37-67(38-47-84)81-39-48-92-93-49-40-82(64-104(93)110-103(92)63-81)77-34-33-75-54-74(31-32-76(75)55-77)70-16-10-20-86(57-70)105(83-44-35-66(36-45-83)78-41-50-100-94(60-78)89-23-3-6-26-97(89)107-100)87-21-11-17-71(58-87)79-42-51-101-95(61-79)90-24-4-7-27-98(90)108-101/h1-64H. The van der Waals surface area contributed by atoms with Gasteiger partial charge in [0.1, 0.15) is 0 Å². The molecule has 0 spiro atoms. The van der Waals surface area contributed by atoms with Gasteiger partial charge in [-0.05, 0) is 257 Å². The van der Waals surface area contributed by atoms with Crippen molar-refractivity contribution in [2.24, 2.45) is 0 Å². The van der Waals surface area contributed by atoms with Crippen LogP contribution in [-0.4, -0.2) is 0 Å². The first kappa shape index (κ1) is 64.2. The summed E-state index contributed by atoms with van der Waals surface area (Å²) in [5, 5.41) is 15.3. The SMILES string of the molecule is c1cc(-c2ccc3ccccc3c2)cc(N(c2ccc(-c3ccc4c(c3)sc3cc(-c5ccc6cc(-c7cccc(N(c8ccc(-c9ccc%10sc%11ccccc%11c%10c9)cc8)c8cccc(-c9ccc%10sc%11ccccc%11c%10c9)c8)c7)ccc6c5)ccc34)cc2)c2cccc(-c3ccc4sc5ccccc5c4c3)c2)c1. The quantitative estimate of drug-likeness (QED) is 0.114. The number of rotatable bonds is 13. The molecule has 514 valence electrons. The summed E-state index contributed by atoms with van der Waals surface area (Å²) in [6.07, 6.45) is 0. The first-order valence-corrected chi connectivity index (χ1v) is 40.6. The molecule has 0 fully saturated rings. The minimum absolute atomic E-state index is 1.09. The van der Waals surface area contributed by atoms with E-state index in [0.29, 0.717) is 0 Å². The van der Waals surface area contributed by atoms with E-state index in [9.17, 15) is 0 Å². The Morgan fingerprint density at radius 3 is 0.782 bits per heavy atom. The highest BCUT2D eigenvalue weighted by molar-refractivity contribution is 7.27. The van der Waals surface area contributed by atoms with Gasteiger partial charge < -0.3 is 9.80 Å². The first-order chi connectivity index (χ1) is 54.4. The molecule has 22 aromatic rings. The number of benzene rings is 18. The van der Waals surface area contributed by atoms with Gasteiger partial charge in [0.25, 0.3) is 0 Å². The largest absolute Gasteiger partial charge is 0.310 e. The first-order valence-electron chi connectivity index (χ1n) is 37.4. The summed E-state index contributed by atoms with van der Waals surface area (Å²) in [5.41, 5.74) is 23.2. The van der Waals surface area contributed by atoms with Gasteiger partial charge in [-0.15, -0.1) is 45.3 Å². The molecular weight excluding hydrogens is 1410 g/mol. The molecule has 0 radical (unpaired) electrons. The van der Waals surface area contributed by atoms with E-state index in [0.717, 1.165) is 39.7 Å². The molecule has 2 nitrogen and oxygen atoms in total. The molecule has 110 heavy (non-hydrogen) atoms. The van der Waals surface area contributed by atoms with Gasteiger partial charge in [0.2, 0.25) is 0 Å². The zero-order valence-corrected chi connectivity index (χ0v) is 62.7. The number of nitrogens with zero attached hydrogens (tertiary/aromatic N) is 2. The summed E-state index contributed by atoms with van der Waals surface area (Å²) in [7, 11) is 0. The van der Waals surface area contributed by atoms with Crippen LogP contribution in [0.5, 0.6) is 0 Å². The predicted octanol–water partition coefficient (Wildman–Crippen LogP) is 32.1. The van der Waals surface area contributed by atoms with Crippen LogP contribution in [-0.2, 0) is 0 Å². The molecule has 0 N–H and O–H groups in total. The Balaban J connectivity index is 0.557. The maximum atomic E-state index is 2.42.